The van der Waals surface area contributed by atoms with E-state index in [-0.39, 0.29) is 45.6 Å². The van der Waals surface area contributed by atoms with Gasteiger partial charge in [-0.1, -0.05) is 6.07 Å². The summed E-state index contributed by atoms with van der Waals surface area (Å²) in [4.78, 5) is 49.0. The lowest BCUT2D eigenvalue weighted by atomic mass is 9.97. The number of aliphatic carboxylic acids is 1. The van der Waals surface area contributed by atoms with Crippen molar-refractivity contribution in [1.82, 2.24) is 0 Å². The maximum Gasteiger partial charge on any atom is 0.330 e. The summed E-state index contributed by atoms with van der Waals surface area (Å²) in [5.41, 5.74) is -0.344. The number of hydrogen-bond acceptors (Lipinski definition) is 25. The van der Waals surface area contributed by atoms with Crippen molar-refractivity contribution in [1.29, 1.82) is 0 Å². The van der Waals surface area contributed by atoms with Crippen molar-refractivity contribution in [3.05, 3.63) is 82.5 Å². The number of phenolic OH excluding ortho intramolecular Hbond substituents is 2. The molecule has 0 unspecified atom stereocenters. The van der Waals surface area contributed by atoms with Crippen LogP contribution in [0.25, 0.3) is 28.7 Å². The van der Waals surface area contributed by atoms with Gasteiger partial charge in [-0.25, -0.2) is 4.79 Å². The molecule has 390 valence electrons. The average Bonchev–Trinajstić information content (AvgIpc) is 3.35. The number of methoxy groups -OCH3 is 1. The zero-order chi connectivity index (χ0) is 52.1. The van der Waals surface area contributed by atoms with Gasteiger partial charge in [0.1, 0.15) is 104 Å². The Morgan fingerprint density at radius 1 is 0.653 bits per heavy atom. The highest BCUT2D eigenvalue weighted by Gasteiger charge is 2.52. The molecular formula is C46H50O26. The summed E-state index contributed by atoms with van der Waals surface area (Å²) in [5, 5.41) is 126. The molecule has 0 radical (unpaired) electrons. The number of aromatic hydroxyl groups is 2. The molecule has 12 N–H and O–H groups in total. The number of fused-ring (bicyclic) bond motifs is 1. The summed E-state index contributed by atoms with van der Waals surface area (Å²) in [6.45, 7) is -2.47. The number of aliphatic hydroxyl groups excluding tert-OH is 9. The fraction of sp³-hybridized carbons (Fsp3) is 0.435. The van der Waals surface area contributed by atoms with Crippen LogP contribution in [0.4, 0.5) is 0 Å². The molecule has 0 saturated carbocycles. The van der Waals surface area contributed by atoms with Crippen molar-refractivity contribution < 1.29 is 123 Å². The third kappa shape index (κ3) is 12.0. The minimum absolute atomic E-state index is 0.112. The Balaban J connectivity index is 1.24. The molecule has 5 aliphatic rings. The third-order valence-electron chi connectivity index (χ3n) is 11.6. The lowest BCUT2D eigenvalue weighted by molar-refractivity contribution is -0.357. The van der Waals surface area contributed by atoms with Crippen LogP contribution in [0.1, 0.15) is 12.0 Å². The number of carbonyl (C=O) groups excluding carboxylic acids is 2. The first-order valence-corrected chi connectivity index (χ1v) is 21.8. The van der Waals surface area contributed by atoms with Crippen LogP contribution >= 0.6 is 0 Å². The second-order valence-electron chi connectivity index (χ2n) is 16.5. The van der Waals surface area contributed by atoms with Crippen LogP contribution in [0.15, 0.2) is 76.0 Å². The largest absolute Gasteiger partial charge is 0.508 e. The Morgan fingerprint density at radius 3 is 1.93 bits per heavy atom. The molecule has 3 saturated heterocycles. The van der Waals surface area contributed by atoms with E-state index >= 15 is 0 Å². The number of hydrogen-bond donors (Lipinski definition) is 12. The first-order valence-electron chi connectivity index (χ1n) is 21.8. The second-order valence-corrected chi connectivity index (χ2v) is 16.5. The van der Waals surface area contributed by atoms with E-state index in [9.17, 15) is 75.3 Å². The van der Waals surface area contributed by atoms with Gasteiger partial charge in [-0.3, -0.25) is 14.4 Å². The Kier molecular flexibility index (Phi) is 17.0. The van der Waals surface area contributed by atoms with Gasteiger partial charge in [0, 0.05) is 23.8 Å². The number of esters is 2. The molecule has 7 rings (SSSR count). The summed E-state index contributed by atoms with van der Waals surface area (Å²) < 4.78 is 56.8. The summed E-state index contributed by atoms with van der Waals surface area (Å²) in [5.74, 6) is -5.24. The van der Waals surface area contributed by atoms with Crippen LogP contribution in [0, 0.1) is 0 Å². The summed E-state index contributed by atoms with van der Waals surface area (Å²) in [6, 6.07) is 12.6. The molecule has 0 spiro atoms. The Morgan fingerprint density at radius 2 is 1.26 bits per heavy atom. The SMILES string of the molecule is COc1cc(C=CC(=O)OC[C@H]2O[C@@H](Oc3cc4c(O[C@@H]5O[C@H](COC(=O)CC(=O)O)[C@@H](O)[C@H](O)[C@H]5O)cc(=O)cc-4oc3-c3ccc(O)cc3)[C@H](O[C@@H]3O[C@H](CO)[C@@H](O)[C@H](O)[C@H]3O)[C@@H](O)[C@@H]2O)ccc1O. The lowest BCUT2D eigenvalue weighted by Crippen LogP contribution is -2.65. The van der Waals surface area contributed by atoms with Gasteiger partial charge >= 0.3 is 17.9 Å². The molecule has 4 heterocycles. The highest BCUT2D eigenvalue weighted by Crippen LogP contribution is 2.43. The van der Waals surface area contributed by atoms with E-state index in [1.807, 2.05) is 0 Å². The van der Waals surface area contributed by atoms with Crippen LogP contribution in [0.5, 0.6) is 28.7 Å². The van der Waals surface area contributed by atoms with E-state index in [1.165, 1.54) is 61.7 Å². The molecule has 0 amide bonds. The molecule has 1 aliphatic carbocycles. The van der Waals surface area contributed by atoms with E-state index in [2.05, 4.69) is 0 Å². The van der Waals surface area contributed by atoms with Crippen molar-refractivity contribution in [2.75, 3.05) is 26.9 Å². The zero-order valence-electron chi connectivity index (χ0n) is 37.5. The van der Waals surface area contributed by atoms with Crippen LogP contribution in [-0.2, 0) is 42.8 Å². The van der Waals surface area contributed by atoms with Gasteiger partial charge in [0.25, 0.3) is 0 Å². The number of carboxylic acid groups (broad SMARTS) is 1. The van der Waals surface area contributed by atoms with Gasteiger partial charge in [0.2, 0.25) is 12.6 Å². The van der Waals surface area contributed by atoms with Crippen molar-refractivity contribution in [3.63, 3.8) is 0 Å². The first-order chi connectivity index (χ1) is 34.3. The van der Waals surface area contributed by atoms with E-state index in [0.717, 1.165) is 18.2 Å². The molecule has 0 bridgehead atoms. The topological polar surface area (TPSA) is 407 Å². The van der Waals surface area contributed by atoms with E-state index in [1.54, 1.807) is 0 Å². The number of ether oxygens (including phenoxy) is 9. The van der Waals surface area contributed by atoms with Gasteiger partial charge in [-0.05, 0) is 54.1 Å². The molecule has 15 atom stereocenters. The molecule has 26 heteroatoms. The Labute approximate surface area is 405 Å². The van der Waals surface area contributed by atoms with E-state index in [0.29, 0.717) is 5.56 Å². The molecule has 26 nitrogen and oxygen atoms in total. The Bertz CT molecular complexity index is 2580. The number of aliphatic hydroxyl groups is 9. The fourth-order valence-electron chi connectivity index (χ4n) is 7.70. The van der Waals surface area contributed by atoms with Crippen molar-refractivity contribution in [2.45, 2.75) is 98.5 Å². The van der Waals surface area contributed by atoms with Crippen LogP contribution in [0.3, 0.4) is 0 Å². The Hall–Kier alpha value is -6.50. The predicted octanol–water partition coefficient (Wildman–Crippen LogP) is -2.70. The number of phenols is 2. The molecule has 4 aliphatic heterocycles. The number of carboxylic acids is 1. The number of carbonyl (C=O) groups is 3. The summed E-state index contributed by atoms with van der Waals surface area (Å²) in [7, 11) is 1.32. The molecular weight excluding hydrogens is 968 g/mol. The van der Waals surface area contributed by atoms with Gasteiger partial charge in [-0.2, -0.15) is 0 Å². The smallest absolute Gasteiger partial charge is 0.330 e. The summed E-state index contributed by atoms with van der Waals surface area (Å²) in [6.07, 6.45) is -27.2. The van der Waals surface area contributed by atoms with Gasteiger partial charge < -0.3 is 108 Å². The lowest BCUT2D eigenvalue weighted by Gasteiger charge is -2.46. The monoisotopic (exact) mass is 1020 g/mol. The number of rotatable bonds is 17. The summed E-state index contributed by atoms with van der Waals surface area (Å²) >= 11 is 0. The van der Waals surface area contributed by atoms with Crippen LogP contribution in [-0.4, -0.2) is 198 Å². The minimum atomic E-state index is -2.10. The minimum Gasteiger partial charge on any atom is -0.508 e. The van der Waals surface area contributed by atoms with Gasteiger partial charge in [-0.15, -0.1) is 0 Å². The quantitative estimate of drug-likeness (QED) is 0.0291. The molecule has 2 aromatic rings. The predicted molar refractivity (Wildman–Crippen MR) is 234 cm³/mol. The van der Waals surface area contributed by atoms with Crippen molar-refractivity contribution >= 4 is 24.0 Å². The standard InChI is InChI=1S/C46H50O26/c1-63-26-10-18(2-8-23(26)50)3-9-32(53)64-16-30-36(57)39(60)43(72-45-41(62)37(58)34(55)28(15-47)69-45)46(71-30)68-27-13-22-24(66-42(27)19-4-6-20(48)7-5-19)11-21(49)12-25(22)67-44-40(61)38(59)35(56)29(70-44)17-65-33(54)14-31(51)52/h2-13,28-30,34-41,43-48,50,55-62H,14-17H2,1H3,(H,51,52)/t28-,29-,30-,34-,35-,36-,37+,38+,39+,40-,41-,43-,44-,45+,46-/m1/s1. The third-order valence-corrected chi connectivity index (χ3v) is 11.6. The highest BCUT2D eigenvalue weighted by atomic mass is 16.8. The van der Waals surface area contributed by atoms with Gasteiger partial charge in [0.15, 0.2) is 40.8 Å². The molecule has 72 heavy (non-hydrogen) atoms. The van der Waals surface area contributed by atoms with Crippen LogP contribution in [0.2, 0.25) is 0 Å². The molecule has 0 aromatic heterocycles. The maximum atomic E-state index is 13.2. The fourth-order valence-corrected chi connectivity index (χ4v) is 7.70. The maximum absolute atomic E-state index is 13.2. The first kappa shape index (κ1) is 53.3. The highest BCUT2D eigenvalue weighted by molar-refractivity contribution is 5.90. The van der Waals surface area contributed by atoms with Crippen molar-refractivity contribution in [3.8, 4) is 51.4 Å². The normalized spacial score (nSPS) is 30.7. The van der Waals surface area contributed by atoms with Crippen molar-refractivity contribution in [2.24, 2.45) is 0 Å². The second kappa shape index (κ2) is 22.9. The zero-order valence-corrected chi connectivity index (χ0v) is 37.5. The molecule has 3 fully saturated rings. The average molecular weight is 1020 g/mol. The van der Waals surface area contributed by atoms with Crippen LogP contribution < -0.4 is 19.6 Å². The van der Waals surface area contributed by atoms with Gasteiger partial charge in [0.05, 0.1) is 19.3 Å². The van der Waals surface area contributed by atoms with E-state index in [4.69, 9.17) is 52.2 Å². The molecule has 2 aromatic carbocycles. The number of benzene rings is 3. The van der Waals surface area contributed by atoms with E-state index < -0.39 is 147 Å².